The third kappa shape index (κ3) is 2.26. The van der Waals surface area contributed by atoms with E-state index in [0.717, 1.165) is 0 Å². The monoisotopic (exact) mass is 325 g/mol. The van der Waals surface area contributed by atoms with Gasteiger partial charge >= 0.3 is 5.69 Å². The zero-order valence-corrected chi connectivity index (χ0v) is 12.3. The summed E-state index contributed by atoms with van der Waals surface area (Å²) in [6.07, 6.45) is -2.07. The predicted octanol–water partition coefficient (Wildman–Crippen LogP) is -1.88. The minimum absolute atomic E-state index is 0.218. The number of aromatic nitrogens is 2. The van der Waals surface area contributed by atoms with Crippen LogP contribution in [-0.2, 0) is 11.3 Å². The van der Waals surface area contributed by atoms with E-state index in [1.54, 1.807) is 4.90 Å². The van der Waals surface area contributed by atoms with Gasteiger partial charge in [0.15, 0.2) is 0 Å². The van der Waals surface area contributed by atoms with Crippen molar-refractivity contribution >= 4 is 11.8 Å². The molecule has 4 atom stereocenters. The molecule has 1 unspecified atom stereocenters. The molecule has 0 saturated carbocycles. The van der Waals surface area contributed by atoms with Crippen LogP contribution in [0.15, 0.2) is 9.79 Å². The van der Waals surface area contributed by atoms with Crippen molar-refractivity contribution < 1.29 is 20.1 Å². The molecule has 0 bridgehead atoms. The van der Waals surface area contributed by atoms with E-state index >= 15 is 0 Å². The van der Waals surface area contributed by atoms with Gasteiger partial charge in [0, 0.05) is 19.4 Å². The van der Waals surface area contributed by atoms with Gasteiger partial charge in [0.05, 0.1) is 24.9 Å². The van der Waals surface area contributed by atoms with Crippen molar-refractivity contribution in [2.45, 2.75) is 44.1 Å². The van der Waals surface area contributed by atoms with E-state index in [0.29, 0.717) is 37.0 Å². The lowest BCUT2D eigenvalue weighted by molar-refractivity contribution is -0.0447. The van der Waals surface area contributed by atoms with Gasteiger partial charge in [0.25, 0.3) is 0 Å². The lowest BCUT2D eigenvalue weighted by atomic mass is 10.2. The second-order valence-electron chi connectivity index (χ2n) is 5.97. The van der Waals surface area contributed by atoms with E-state index in [9.17, 15) is 20.1 Å². The summed E-state index contributed by atoms with van der Waals surface area (Å²) in [5.41, 5.74) is 0.258. The van der Waals surface area contributed by atoms with Gasteiger partial charge in [0.1, 0.15) is 24.4 Å². The van der Waals surface area contributed by atoms with Gasteiger partial charge in [-0.15, -0.1) is 0 Å². The molecule has 3 aliphatic heterocycles. The Kier molecular flexibility index (Phi) is 3.41. The molecule has 0 aliphatic carbocycles. The maximum absolute atomic E-state index is 12.3. The molecule has 10 heteroatoms. The topological polar surface area (TPSA) is 135 Å². The Morgan fingerprint density at radius 3 is 2.96 bits per heavy atom. The van der Waals surface area contributed by atoms with E-state index in [4.69, 9.17) is 4.74 Å². The number of ether oxygens (including phenoxy) is 1. The van der Waals surface area contributed by atoms with Crippen LogP contribution in [0.2, 0.25) is 0 Å². The molecular formula is C13H19N5O5. The molecule has 3 aliphatic rings. The number of imidazole rings is 1. The minimum Gasteiger partial charge on any atom is -0.394 e. The summed E-state index contributed by atoms with van der Waals surface area (Å²) in [6, 6.07) is 0. The van der Waals surface area contributed by atoms with Crippen molar-refractivity contribution in [2.24, 2.45) is 4.99 Å². The maximum Gasteiger partial charge on any atom is 0.329 e. The number of aliphatic hydroxyl groups excluding tert-OH is 3. The van der Waals surface area contributed by atoms with E-state index in [1.165, 1.54) is 4.57 Å². The molecule has 0 radical (unpaired) electrons. The molecule has 126 valence electrons. The van der Waals surface area contributed by atoms with Gasteiger partial charge < -0.3 is 35.3 Å². The molecule has 0 spiro atoms. The van der Waals surface area contributed by atoms with Crippen molar-refractivity contribution in [2.75, 3.05) is 18.5 Å². The normalized spacial score (nSPS) is 33.0. The third-order valence-corrected chi connectivity index (χ3v) is 4.51. The van der Waals surface area contributed by atoms with Gasteiger partial charge in [-0.1, -0.05) is 0 Å². The first-order chi connectivity index (χ1) is 11.1. The fraction of sp³-hybridized carbons (Fsp3) is 0.692. The van der Waals surface area contributed by atoms with Gasteiger partial charge in [-0.3, -0.25) is 9.56 Å². The molecule has 1 aromatic rings. The van der Waals surface area contributed by atoms with Crippen LogP contribution in [0.5, 0.6) is 0 Å². The zero-order valence-electron chi connectivity index (χ0n) is 12.3. The number of fused-ring (bicyclic) bond motifs is 2. The summed E-state index contributed by atoms with van der Waals surface area (Å²) < 4.78 is 6.97. The number of hydrogen-bond acceptors (Lipinski definition) is 8. The summed E-state index contributed by atoms with van der Waals surface area (Å²) in [5, 5.41) is 32.2. The molecule has 0 amide bonds. The Morgan fingerprint density at radius 2 is 2.22 bits per heavy atom. The van der Waals surface area contributed by atoms with Crippen LogP contribution in [0.25, 0.3) is 0 Å². The highest BCUT2D eigenvalue weighted by Crippen LogP contribution is 2.33. The van der Waals surface area contributed by atoms with Crippen LogP contribution in [-0.4, -0.2) is 67.3 Å². The van der Waals surface area contributed by atoms with Crippen LogP contribution < -0.4 is 11.0 Å². The number of aliphatic imine (C=N–C) groups is 1. The van der Waals surface area contributed by atoms with Gasteiger partial charge in [-0.2, -0.15) is 0 Å². The Bertz CT molecular complexity index is 697. The van der Waals surface area contributed by atoms with Gasteiger partial charge in [-0.25, -0.2) is 4.79 Å². The molecule has 1 saturated heterocycles. The van der Waals surface area contributed by atoms with Crippen molar-refractivity contribution in [1.82, 2.24) is 14.5 Å². The number of hydrogen-bond donors (Lipinski definition) is 5. The predicted molar refractivity (Wildman–Crippen MR) is 78.8 cm³/mol. The first-order valence-electron chi connectivity index (χ1n) is 7.62. The summed E-state index contributed by atoms with van der Waals surface area (Å²) in [5.74, 6) is 1.04. The number of H-pyrrole nitrogens is 1. The number of guanidine groups is 1. The maximum atomic E-state index is 12.3. The standard InChI is InChI=1S/C13H19N5O5/c19-5-8-7(20)3-10(23-8)18-11-6(15-13(18)22)4-17-9(21)1-2-14-12(17)16-11/h7-10,19-21H,1-5H2,(H,14,16)(H,15,22)/t7-,8+,9?,10-/m0/s1. The number of nitrogens with zero attached hydrogens (tertiary/aromatic N) is 3. The zero-order chi connectivity index (χ0) is 16.1. The highest BCUT2D eigenvalue weighted by Gasteiger charge is 2.39. The summed E-state index contributed by atoms with van der Waals surface area (Å²) in [4.78, 5) is 21.1. The van der Waals surface area contributed by atoms with Gasteiger partial charge in [0.2, 0.25) is 5.96 Å². The molecule has 4 heterocycles. The fourth-order valence-corrected chi connectivity index (χ4v) is 3.30. The SMILES string of the molecule is O=c1[nH]c2c(n1[C@@H]1C[C@H](O)[C@@H](CO)O1)NC1=NCCC(O)N1C2. The molecule has 10 nitrogen and oxygen atoms in total. The van der Waals surface area contributed by atoms with E-state index in [2.05, 4.69) is 15.3 Å². The van der Waals surface area contributed by atoms with Crippen molar-refractivity contribution in [3.8, 4) is 0 Å². The van der Waals surface area contributed by atoms with Crippen molar-refractivity contribution in [1.29, 1.82) is 0 Å². The smallest absolute Gasteiger partial charge is 0.329 e. The minimum atomic E-state index is -0.823. The van der Waals surface area contributed by atoms with Crippen LogP contribution in [0.4, 0.5) is 5.82 Å². The molecule has 1 aromatic heterocycles. The first-order valence-corrected chi connectivity index (χ1v) is 7.62. The van der Waals surface area contributed by atoms with Crippen molar-refractivity contribution in [3.63, 3.8) is 0 Å². The van der Waals surface area contributed by atoms with Crippen LogP contribution in [0, 0.1) is 0 Å². The highest BCUT2D eigenvalue weighted by molar-refractivity contribution is 5.95. The fourth-order valence-electron chi connectivity index (χ4n) is 3.30. The average Bonchev–Trinajstić information content (AvgIpc) is 3.04. The first kappa shape index (κ1) is 14.7. The van der Waals surface area contributed by atoms with E-state index in [1.807, 2.05) is 0 Å². The third-order valence-electron chi connectivity index (χ3n) is 4.51. The lowest BCUT2D eigenvalue weighted by Gasteiger charge is -2.37. The molecule has 23 heavy (non-hydrogen) atoms. The second kappa shape index (κ2) is 5.34. The molecule has 0 aromatic carbocycles. The summed E-state index contributed by atoms with van der Waals surface area (Å²) >= 11 is 0. The summed E-state index contributed by atoms with van der Waals surface area (Å²) in [6.45, 7) is 0.539. The Balaban J connectivity index is 1.69. The number of rotatable bonds is 2. The Morgan fingerprint density at radius 1 is 1.39 bits per heavy atom. The van der Waals surface area contributed by atoms with Crippen LogP contribution in [0.3, 0.4) is 0 Å². The Labute approximate surface area is 131 Å². The number of aromatic amines is 1. The highest BCUT2D eigenvalue weighted by atomic mass is 16.5. The van der Waals surface area contributed by atoms with Crippen molar-refractivity contribution in [3.05, 3.63) is 16.2 Å². The van der Waals surface area contributed by atoms with Gasteiger partial charge in [-0.05, 0) is 0 Å². The molecule has 5 N–H and O–H groups in total. The largest absolute Gasteiger partial charge is 0.394 e. The van der Waals surface area contributed by atoms with E-state index < -0.39 is 24.7 Å². The lowest BCUT2D eigenvalue weighted by Crippen LogP contribution is -2.49. The van der Waals surface area contributed by atoms with E-state index in [-0.39, 0.29) is 18.7 Å². The van der Waals surface area contributed by atoms with Crippen LogP contribution >= 0.6 is 0 Å². The second-order valence-corrected chi connectivity index (χ2v) is 5.97. The molecule has 4 rings (SSSR count). The Hall–Kier alpha value is -1.88. The molecule has 1 fully saturated rings. The number of aliphatic hydroxyl groups is 3. The number of anilines is 1. The number of nitrogens with one attached hydrogen (secondary N) is 2. The molecular weight excluding hydrogens is 306 g/mol. The summed E-state index contributed by atoms with van der Waals surface area (Å²) in [7, 11) is 0. The average molecular weight is 325 g/mol. The quantitative estimate of drug-likeness (QED) is 0.429. The van der Waals surface area contributed by atoms with Crippen LogP contribution in [0.1, 0.15) is 24.8 Å².